The SMILES string of the molecule is NNC(=O)c1sccc1COCCc1cccs1. The van der Waals surface area contributed by atoms with Gasteiger partial charge in [0.1, 0.15) is 0 Å². The summed E-state index contributed by atoms with van der Waals surface area (Å²) in [6, 6.07) is 6.01. The summed E-state index contributed by atoms with van der Waals surface area (Å²) in [6.07, 6.45) is 0.903. The van der Waals surface area contributed by atoms with Crippen LogP contribution in [-0.2, 0) is 17.8 Å². The molecule has 3 N–H and O–H groups in total. The van der Waals surface area contributed by atoms with Gasteiger partial charge in [-0.15, -0.1) is 22.7 Å². The summed E-state index contributed by atoms with van der Waals surface area (Å²) in [6.45, 7) is 1.09. The Hall–Kier alpha value is -1.21. The number of amides is 1. The Morgan fingerprint density at radius 2 is 2.22 bits per heavy atom. The van der Waals surface area contributed by atoms with E-state index in [0.29, 0.717) is 18.1 Å². The average molecular weight is 282 g/mol. The number of thiophene rings is 2. The molecule has 0 bridgehead atoms. The molecule has 6 heteroatoms. The van der Waals surface area contributed by atoms with Gasteiger partial charge in [-0.05, 0) is 22.9 Å². The van der Waals surface area contributed by atoms with Gasteiger partial charge in [0.25, 0.3) is 5.91 Å². The maximum absolute atomic E-state index is 11.4. The summed E-state index contributed by atoms with van der Waals surface area (Å²) in [5, 5.41) is 3.92. The predicted molar refractivity (Wildman–Crippen MR) is 73.7 cm³/mol. The highest BCUT2D eigenvalue weighted by Gasteiger charge is 2.11. The van der Waals surface area contributed by atoms with Crippen LogP contribution in [0.3, 0.4) is 0 Å². The number of nitrogens with one attached hydrogen (secondary N) is 1. The van der Waals surface area contributed by atoms with E-state index in [1.807, 2.05) is 17.5 Å². The highest BCUT2D eigenvalue weighted by molar-refractivity contribution is 7.12. The molecule has 0 atom stereocenters. The van der Waals surface area contributed by atoms with Gasteiger partial charge < -0.3 is 4.74 Å². The van der Waals surface area contributed by atoms with Crippen molar-refractivity contribution in [3.8, 4) is 0 Å². The second-order valence-corrected chi connectivity index (χ2v) is 5.58. The van der Waals surface area contributed by atoms with Gasteiger partial charge in [-0.25, -0.2) is 5.84 Å². The Morgan fingerprint density at radius 3 is 2.94 bits per heavy atom. The number of carbonyl (C=O) groups excluding carboxylic acids is 1. The van der Waals surface area contributed by atoms with E-state index < -0.39 is 0 Å². The third-order valence-electron chi connectivity index (χ3n) is 2.41. The molecule has 0 aliphatic heterocycles. The lowest BCUT2D eigenvalue weighted by molar-refractivity contribution is 0.0946. The van der Waals surface area contributed by atoms with E-state index >= 15 is 0 Å². The third kappa shape index (κ3) is 3.39. The zero-order valence-corrected chi connectivity index (χ0v) is 11.4. The smallest absolute Gasteiger partial charge is 0.275 e. The van der Waals surface area contributed by atoms with Crippen molar-refractivity contribution in [1.82, 2.24) is 5.43 Å². The van der Waals surface area contributed by atoms with Gasteiger partial charge in [-0.1, -0.05) is 6.07 Å². The van der Waals surface area contributed by atoms with Gasteiger partial charge in [0, 0.05) is 16.9 Å². The largest absolute Gasteiger partial charge is 0.376 e. The number of rotatable bonds is 6. The second kappa shape index (κ2) is 6.65. The van der Waals surface area contributed by atoms with Crippen molar-refractivity contribution in [2.75, 3.05) is 6.61 Å². The van der Waals surface area contributed by atoms with Gasteiger partial charge in [-0.3, -0.25) is 10.2 Å². The lowest BCUT2D eigenvalue weighted by atomic mass is 10.2. The standard InChI is InChI=1S/C12H14N2O2S2/c13-14-12(15)11-9(4-7-18-11)8-16-5-3-10-2-1-6-17-10/h1-2,4,6-7H,3,5,8,13H2,(H,14,15). The van der Waals surface area contributed by atoms with Crippen LogP contribution in [0.4, 0.5) is 0 Å². The van der Waals surface area contributed by atoms with Crippen LogP contribution in [0.2, 0.25) is 0 Å². The normalized spacial score (nSPS) is 10.5. The number of carbonyl (C=O) groups is 1. The number of nitrogen functional groups attached to an aromatic ring is 1. The minimum absolute atomic E-state index is 0.262. The molecule has 2 rings (SSSR count). The van der Waals surface area contributed by atoms with Crippen molar-refractivity contribution < 1.29 is 9.53 Å². The van der Waals surface area contributed by atoms with Crippen LogP contribution in [0.25, 0.3) is 0 Å². The van der Waals surface area contributed by atoms with Crippen molar-refractivity contribution in [3.63, 3.8) is 0 Å². The molecule has 2 aromatic heterocycles. The Morgan fingerprint density at radius 1 is 1.33 bits per heavy atom. The first-order chi connectivity index (χ1) is 8.81. The first-order valence-electron chi connectivity index (χ1n) is 5.48. The minimum atomic E-state index is -0.262. The van der Waals surface area contributed by atoms with Crippen LogP contribution < -0.4 is 11.3 Å². The predicted octanol–water partition coefficient (Wildman–Crippen LogP) is 2.17. The third-order valence-corrected chi connectivity index (χ3v) is 4.31. The number of ether oxygens (including phenoxy) is 1. The fraction of sp³-hybridized carbons (Fsp3) is 0.250. The monoisotopic (exact) mass is 282 g/mol. The number of nitrogens with two attached hydrogens (primary N) is 1. The van der Waals surface area contributed by atoms with E-state index in [9.17, 15) is 4.79 Å². The molecule has 4 nitrogen and oxygen atoms in total. The first kappa shape index (κ1) is 13.2. The summed E-state index contributed by atoms with van der Waals surface area (Å²) in [4.78, 5) is 13.4. The molecule has 2 heterocycles. The maximum atomic E-state index is 11.4. The molecule has 0 unspecified atom stereocenters. The van der Waals surface area contributed by atoms with Gasteiger partial charge in [-0.2, -0.15) is 0 Å². The van der Waals surface area contributed by atoms with Crippen LogP contribution in [-0.4, -0.2) is 12.5 Å². The molecule has 1 amide bonds. The molecule has 0 aliphatic rings. The van der Waals surface area contributed by atoms with Crippen molar-refractivity contribution in [2.45, 2.75) is 13.0 Å². The molecule has 18 heavy (non-hydrogen) atoms. The van der Waals surface area contributed by atoms with Gasteiger partial charge in [0.15, 0.2) is 0 Å². The van der Waals surface area contributed by atoms with Crippen LogP contribution in [0, 0.1) is 0 Å². The highest BCUT2D eigenvalue weighted by Crippen LogP contribution is 2.17. The Bertz CT molecular complexity index is 494. The van der Waals surface area contributed by atoms with E-state index in [0.717, 1.165) is 12.0 Å². The summed E-state index contributed by atoms with van der Waals surface area (Å²) < 4.78 is 5.58. The van der Waals surface area contributed by atoms with Gasteiger partial charge >= 0.3 is 0 Å². The van der Waals surface area contributed by atoms with Crippen LogP contribution >= 0.6 is 22.7 Å². The lowest BCUT2D eigenvalue weighted by Crippen LogP contribution is -2.30. The van der Waals surface area contributed by atoms with Crippen molar-refractivity contribution in [1.29, 1.82) is 0 Å². The van der Waals surface area contributed by atoms with Crippen LogP contribution in [0.5, 0.6) is 0 Å². The molecule has 0 saturated carbocycles. The summed E-state index contributed by atoms with van der Waals surface area (Å²) in [5.41, 5.74) is 3.02. The number of hydrazine groups is 1. The second-order valence-electron chi connectivity index (χ2n) is 3.63. The van der Waals surface area contributed by atoms with Gasteiger partial charge in [0.2, 0.25) is 0 Å². The maximum Gasteiger partial charge on any atom is 0.275 e. The van der Waals surface area contributed by atoms with Crippen molar-refractivity contribution in [3.05, 3.63) is 44.3 Å². The zero-order valence-electron chi connectivity index (χ0n) is 9.72. The molecule has 2 aromatic rings. The summed E-state index contributed by atoms with van der Waals surface area (Å²) >= 11 is 3.09. The molecular weight excluding hydrogens is 268 g/mol. The topological polar surface area (TPSA) is 64.3 Å². The van der Waals surface area contributed by atoms with Crippen LogP contribution in [0.1, 0.15) is 20.1 Å². The van der Waals surface area contributed by atoms with Gasteiger partial charge in [0.05, 0.1) is 18.1 Å². The highest BCUT2D eigenvalue weighted by atomic mass is 32.1. The molecule has 0 aliphatic carbocycles. The average Bonchev–Trinajstić information content (AvgIpc) is 3.04. The molecule has 0 spiro atoms. The quantitative estimate of drug-likeness (QED) is 0.369. The molecule has 0 radical (unpaired) electrons. The molecule has 0 aromatic carbocycles. The van der Waals surface area contributed by atoms with E-state index in [-0.39, 0.29) is 5.91 Å². The number of hydrogen-bond donors (Lipinski definition) is 2. The summed E-state index contributed by atoms with van der Waals surface area (Å²) in [7, 11) is 0. The summed E-state index contributed by atoms with van der Waals surface area (Å²) in [5.74, 6) is 4.86. The first-order valence-corrected chi connectivity index (χ1v) is 7.24. The van der Waals surface area contributed by atoms with Crippen molar-refractivity contribution in [2.24, 2.45) is 5.84 Å². The molecule has 0 fully saturated rings. The zero-order chi connectivity index (χ0) is 12.8. The molecule has 0 saturated heterocycles. The molecule has 96 valence electrons. The molecular formula is C12H14N2O2S2. The van der Waals surface area contributed by atoms with E-state index in [1.54, 1.807) is 11.3 Å². The fourth-order valence-electron chi connectivity index (χ4n) is 1.52. The lowest BCUT2D eigenvalue weighted by Gasteiger charge is -2.04. The van der Waals surface area contributed by atoms with E-state index in [2.05, 4.69) is 16.9 Å². The van der Waals surface area contributed by atoms with E-state index in [1.165, 1.54) is 16.2 Å². The van der Waals surface area contributed by atoms with Crippen LogP contribution in [0.15, 0.2) is 29.0 Å². The van der Waals surface area contributed by atoms with E-state index in [4.69, 9.17) is 10.6 Å². The Kier molecular flexibility index (Phi) is 4.89. The minimum Gasteiger partial charge on any atom is -0.376 e. The Labute approximate surface area is 113 Å². The Balaban J connectivity index is 1.80. The number of hydrogen-bond acceptors (Lipinski definition) is 5. The van der Waals surface area contributed by atoms with Crippen molar-refractivity contribution >= 4 is 28.6 Å². The fourth-order valence-corrected chi connectivity index (χ4v) is 3.03.